The van der Waals surface area contributed by atoms with E-state index in [2.05, 4.69) is 25.7 Å². The lowest BCUT2D eigenvalue weighted by Crippen LogP contribution is -2.34. The fourth-order valence-corrected chi connectivity index (χ4v) is 1.31. The van der Waals surface area contributed by atoms with Gasteiger partial charge in [-0.1, -0.05) is 19.9 Å². The Morgan fingerprint density at radius 3 is 2.31 bits per heavy atom. The smallest absolute Gasteiger partial charge is 0.407 e. The van der Waals surface area contributed by atoms with Crippen molar-refractivity contribution in [3.05, 3.63) is 12.7 Å². The molecule has 0 heterocycles. The Labute approximate surface area is 99.3 Å². The van der Waals surface area contributed by atoms with E-state index in [4.69, 9.17) is 4.74 Å². The van der Waals surface area contributed by atoms with Crippen molar-refractivity contribution in [2.45, 2.75) is 53.1 Å². The summed E-state index contributed by atoms with van der Waals surface area (Å²) in [5.41, 5.74) is -0.252. The Morgan fingerprint density at radius 1 is 1.31 bits per heavy atom. The first kappa shape index (κ1) is 15.0. The van der Waals surface area contributed by atoms with Gasteiger partial charge in [-0.05, 0) is 39.0 Å². The van der Waals surface area contributed by atoms with Crippen LogP contribution in [0.3, 0.4) is 0 Å². The highest BCUT2D eigenvalue weighted by atomic mass is 16.6. The van der Waals surface area contributed by atoms with Crippen LogP contribution >= 0.6 is 0 Å². The van der Waals surface area contributed by atoms with Gasteiger partial charge in [0.05, 0.1) is 0 Å². The maximum Gasteiger partial charge on any atom is 0.407 e. The molecule has 0 spiro atoms. The topological polar surface area (TPSA) is 38.3 Å². The maximum atomic E-state index is 11.3. The van der Waals surface area contributed by atoms with E-state index >= 15 is 0 Å². The zero-order chi connectivity index (χ0) is 12.8. The standard InChI is InChI=1S/C13H25NO2/c1-7-8-13(5,6)9-10-14-11(15)16-12(2,3)4/h7H,1,8-10H2,2-6H3,(H,14,15). The summed E-state index contributed by atoms with van der Waals surface area (Å²) in [7, 11) is 0. The van der Waals surface area contributed by atoms with Crippen molar-refractivity contribution in [2.75, 3.05) is 6.54 Å². The molecule has 3 nitrogen and oxygen atoms in total. The second-order valence-electron chi connectivity index (χ2n) is 5.84. The quantitative estimate of drug-likeness (QED) is 0.730. The predicted molar refractivity (Wildman–Crippen MR) is 67.4 cm³/mol. The van der Waals surface area contributed by atoms with Gasteiger partial charge < -0.3 is 10.1 Å². The van der Waals surface area contributed by atoms with Crippen LogP contribution in [-0.2, 0) is 4.74 Å². The summed E-state index contributed by atoms with van der Waals surface area (Å²) < 4.78 is 5.14. The zero-order valence-electron chi connectivity index (χ0n) is 11.2. The van der Waals surface area contributed by atoms with E-state index in [1.54, 1.807) is 0 Å². The molecule has 0 atom stereocenters. The molecule has 0 unspecified atom stereocenters. The van der Waals surface area contributed by atoms with Crippen LogP contribution in [0.25, 0.3) is 0 Å². The van der Waals surface area contributed by atoms with Crippen molar-refractivity contribution in [1.29, 1.82) is 0 Å². The van der Waals surface area contributed by atoms with E-state index in [0.29, 0.717) is 6.54 Å². The Bertz CT molecular complexity index is 239. The molecule has 0 aliphatic heterocycles. The summed E-state index contributed by atoms with van der Waals surface area (Å²) in [6.45, 7) is 14.2. The lowest BCUT2D eigenvalue weighted by molar-refractivity contribution is 0.0522. The Kier molecular flexibility index (Phi) is 5.56. The number of amides is 1. The molecule has 0 radical (unpaired) electrons. The van der Waals surface area contributed by atoms with Crippen LogP contribution in [0.5, 0.6) is 0 Å². The minimum atomic E-state index is -0.430. The second kappa shape index (κ2) is 5.92. The van der Waals surface area contributed by atoms with Gasteiger partial charge in [0.15, 0.2) is 0 Å². The highest BCUT2D eigenvalue weighted by Gasteiger charge is 2.18. The first-order chi connectivity index (χ1) is 7.16. The molecule has 0 fully saturated rings. The number of hydrogen-bond donors (Lipinski definition) is 1. The molecular formula is C13H25NO2. The van der Waals surface area contributed by atoms with Crippen molar-refractivity contribution < 1.29 is 9.53 Å². The van der Waals surface area contributed by atoms with Crippen LogP contribution in [0.15, 0.2) is 12.7 Å². The fourth-order valence-electron chi connectivity index (χ4n) is 1.31. The van der Waals surface area contributed by atoms with Gasteiger partial charge in [-0.2, -0.15) is 0 Å². The maximum absolute atomic E-state index is 11.3. The highest BCUT2D eigenvalue weighted by Crippen LogP contribution is 2.24. The summed E-state index contributed by atoms with van der Waals surface area (Å²) in [6.07, 6.45) is 3.43. The molecule has 0 aliphatic rings. The van der Waals surface area contributed by atoms with Crippen LogP contribution in [0.1, 0.15) is 47.5 Å². The van der Waals surface area contributed by atoms with E-state index in [0.717, 1.165) is 12.8 Å². The van der Waals surface area contributed by atoms with Crippen LogP contribution in [-0.4, -0.2) is 18.2 Å². The monoisotopic (exact) mass is 227 g/mol. The molecule has 0 aromatic heterocycles. The molecule has 0 bridgehead atoms. The predicted octanol–water partition coefficient (Wildman–Crippen LogP) is 3.50. The van der Waals surface area contributed by atoms with Crippen LogP contribution in [0, 0.1) is 5.41 Å². The third kappa shape index (κ3) is 8.33. The van der Waals surface area contributed by atoms with Crippen molar-refractivity contribution >= 4 is 6.09 Å². The van der Waals surface area contributed by atoms with E-state index in [1.165, 1.54) is 0 Å². The summed E-state index contributed by atoms with van der Waals surface area (Å²) in [4.78, 5) is 11.3. The normalized spacial score (nSPS) is 12.1. The Balaban J connectivity index is 3.82. The largest absolute Gasteiger partial charge is 0.444 e. The van der Waals surface area contributed by atoms with Gasteiger partial charge >= 0.3 is 6.09 Å². The SMILES string of the molecule is C=CCC(C)(C)CCNC(=O)OC(C)(C)C. The molecule has 3 heteroatoms. The first-order valence-electron chi connectivity index (χ1n) is 5.74. The van der Waals surface area contributed by atoms with Gasteiger partial charge in [0.1, 0.15) is 5.60 Å². The van der Waals surface area contributed by atoms with Crippen LogP contribution < -0.4 is 5.32 Å². The zero-order valence-corrected chi connectivity index (χ0v) is 11.2. The third-order valence-corrected chi connectivity index (χ3v) is 2.17. The lowest BCUT2D eigenvalue weighted by atomic mass is 9.86. The minimum Gasteiger partial charge on any atom is -0.444 e. The number of rotatable bonds is 5. The number of allylic oxidation sites excluding steroid dienone is 1. The number of nitrogens with one attached hydrogen (secondary N) is 1. The molecule has 0 aromatic carbocycles. The molecule has 1 amide bonds. The summed E-state index contributed by atoms with van der Waals surface area (Å²) in [6, 6.07) is 0. The van der Waals surface area contributed by atoms with Crippen LogP contribution in [0.2, 0.25) is 0 Å². The summed E-state index contributed by atoms with van der Waals surface area (Å²) in [5, 5.41) is 2.76. The van der Waals surface area contributed by atoms with Gasteiger partial charge in [0, 0.05) is 6.54 Å². The van der Waals surface area contributed by atoms with Crippen molar-refractivity contribution in [3.63, 3.8) is 0 Å². The van der Waals surface area contributed by atoms with Gasteiger partial charge in [-0.25, -0.2) is 4.79 Å². The molecular weight excluding hydrogens is 202 g/mol. The first-order valence-corrected chi connectivity index (χ1v) is 5.74. The van der Waals surface area contributed by atoms with E-state index in [1.807, 2.05) is 26.8 Å². The van der Waals surface area contributed by atoms with Crippen LogP contribution in [0.4, 0.5) is 4.79 Å². The van der Waals surface area contributed by atoms with E-state index in [-0.39, 0.29) is 11.5 Å². The number of carbonyl (C=O) groups excluding carboxylic acids is 1. The number of alkyl carbamates (subject to hydrolysis) is 1. The molecule has 16 heavy (non-hydrogen) atoms. The molecule has 0 saturated heterocycles. The number of hydrogen-bond acceptors (Lipinski definition) is 2. The molecule has 1 N–H and O–H groups in total. The van der Waals surface area contributed by atoms with E-state index < -0.39 is 5.60 Å². The molecule has 0 saturated carbocycles. The third-order valence-electron chi connectivity index (χ3n) is 2.17. The van der Waals surface area contributed by atoms with Gasteiger partial charge in [-0.3, -0.25) is 0 Å². The number of carbonyl (C=O) groups is 1. The molecule has 0 aromatic rings. The Hall–Kier alpha value is -0.990. The lowest BCUT2D eigenvalue weighted by Gasteiger charge is -2.24. The number of ether oxygens (including phenoxy) is 1. The highest BCUT2D eigenvalue weighted by molar-refractivity contribution is 5.67. The summed E-state index contributed by atoms with van der Waals surface area (Å²) >= 11 is 0. The van der Waals surface area contributed by atoms with Crippen molar-refractivity contribution in [2.24, 2.45) is 5.41 Å². The van der Waals surface area contributed by atoms with Crippen molar-refractivity contribution in [3.8, 4) is 0 Å². The minimum absolute atomic E-state index is 0.177. The fraction of sp³-hybridized carbons (Fsp3) is 0.769. The Morgan fingerprint density at radius 2 is 1.88 bits per heavy atom. The van der Waals surface area contributed by atoms with Crippen molar-refractivity contribution in [1.82, 2.24) is 5.32 Å². The summed E-state index contributed by atoms with van der Waals surface area (Å²) in [5.74, 6) is 0. The van der Waals surface area contributed by atoms with E-state index in [9.17, 15) is 4.79 Å². The van der Waals surface area contributed by atoms with Gasteiger partial charge in [-0.15, -0.1) is 6.58 Å². The van der Waals surface area contributed by atoms with Gasteiger partial charge in [0.2, 0.25) is 0 Å². The average Bonchev–Trinajstić information content (AvgIpc) is 1.99. The molecule has 94 valence electrons. The second-order valence-corrected chi connectivity index (χ2v) is 5.84. The molecule has 0 rings (SSSR count). The molecule has 0 aliphatic carbocycles. The average molecular weight is 227 g/mol. The van der Waals surface area contributed by atoms with Gasteiger partial charge in [0.25, 0.3) is 0 Å².